The lowest BCUT2D eigenvalue weighted by Crippen LogP contribution is -2.45. The van der Waals surface area contributed by atoms with Crippen molar-refractivity contribution in [2.75, 3.05) is 12.8 Å². The minimum Gasteiger partial charge on any atom is -0.496 e. The Hall–Kier alpha value is -1.75. The molecule has 0 radical (unpaired) electrons. The number of nitrogens with two attached hydrogens (primary N) is 1. The number of amides is 1. The first-order valence-electron chi connectivity index (χ1n) is 6.54. The summed E-state index contributed by atoms with van der Waals surface area (Å²) < 4.78 is 5.16. The number of aliphatic hydroxyl groups is 1. The second-order valence-electron chi connectivity index (χ2n) is 4.89. The third kappa shape index (κ3) is 3.17. The highest BCUT2D eigenvalue weighted by atomic mass is 16.5. The fourth-order valence-electron chi connectivity index (χ4n) is 2.42. The Balaban J connectivity index is 2.11. The number of methoxy groups -OCH3 is 1. The van der Waals surface area contributed by atoms with Crippen molar-refractivity contribution in [3.05, 3.63) is 23.8 Å². The van der Waals surface area contributed by atoms with Gasteiger partial charge in [0, 0.05) is 11.8 Å². The summed E-state index contributed by atoms with van der Waals surface area (Å²) in [4.78, 5) is 12.2. The van der Waals surface area contributed by atoms with Crippen molar-refractivity contribution in [3.8, 4) is 5.75 Å². The van der Waals surface area contributed by atoms with Crippen molar-refractivity contribution < 1.29 is 14.6 Å². The van der Waals surface area contributed by atoms with E-state index in [-0.39, 0.29) is 11.9 Å². The van der Waals surface area contributed by atoms with Gasteiger partial charge in [0.2, 0.25) is 0 Å². The highest BCUT2D eigenvalue weighted by Gasteiger charge is 2.25. The zero-order chi connectivity index (χ0) is 13.8. The molecule has 1 aromatic rings. The van der Waals surface area contributed by atoms with Gasteiger partial charge in [-0.15, -0.1) is 0 Å². The molecule has 1 saturated carbocycles. The van der Waals surface area contributed by atoms with Gasteiger partial charge in [-0.2, -0.15) is 0 Å². The second kappa shape index (κ2) is 5.93. The molecule has 5 nitrogen and oxygen atoms in total. The summed E-state index contributed by atoms with van der Waals surface area (Å²) in [7, 11) is 1.50. The predicted molar refractivity (Wildman–Crippen MR) is 73.1 cm³/mol. The van der Waals surface area contributed by atoms with E-state index >= 15 is 0 Å². The molecule has 104 valence electrons. The van der Waals surface area contributed by atoms with Crippen LogP contribution in [-0.2, 0) is 0 Å². The first-order chi connectivity index (χ1) is 9.11. The average molecular weight is 264 g/mol. The molecule has 0 aliphatic heterocycles. The molecule has 1 fully saturated rings. The summed E-state index contributed by atoms with van der Waals surface area (Å²) in [6.07, 6.45) is 3.13. The number of aliphatic hydroxyl groups excluding tert-OH is 1. The van der Waals surface area contributed by atoms with Crippen LogP contribution < -0.4 is 15.8 Å². The number of anilines is 1. The third-order valence-corrected chi connectivity index (χ3v) is 3.52. The molecule has 0 spiro atoms. The highest BCUT2D eigenvalue weighted by Crippen LogP contribution is 2.23. The molecule has 1 aliphatic carbocycles. The Bertz CT molecular complexity index is 462. The van der Waals surface area contributed by atoms with Crippen LogP contribution >= 0.6 is 0 Å². The van der Waals surface area contributed by atoms with Gasteiger partial charge in [0.05, 0.1) is 24.8 Å². The van der Waals surface area contributed by atoms with Crippen LogP contribution in [0.5, 0.6) is 5.75 Å². The molecule has 19 heavy (non-hydrogen) atoms. The van der Waals surface area contributed by atoms with Crippen molar-refractivity contribution in [2.45, 2.75) is 37.8 Å². The van der Waals surface area contributed by atoms with E-state index in [4.69, 9.17) is 10.5 Å². The Labute approximate surface area is 112 Å². The van der Waals surface area contributed by atoms with E-state index < -0.39 is 6.10 Å². The molecule has 1 aliphatic rings. The fourth-order valence-corrected chi connectivity index (χ4v) is 2.42. The summed E-state index contributed by atoms with van der Waals surface area (Å²) in [5.41, 5.74) is 6.64. The van der Waals surface area contributed by atoms with Gasteiger partial charge in [-0.05, 0) is 25.0 Å². The van der Waals surface area contributed by atoms with E-state index in [0.717, 1.165) is 25.7 Å². The topological polar surface area (TPSA) is 84.6 Å². The number of carbonyl (C=O) groups is 1. The lowest BCUT2D eigenvalue weighted by atomic mass is 9.92. The molecule has 4 N–H and O–H groups in total. The number of ether oxygens (including phenoxy) is 1. The lowest BCUT2D eigenvalue weighted by Gasteiger charge is -2.28. The Morgan fingerprint density at radius 1 is 1.42 bits per heavy atom. The van der Waals surface area contributed by atoms with Crippen LogP contribution in [0.1, 0.15) is 36.0 Å². The molecule has 0 saturated heterocycles. The van der Waals surface area contributed by atoms with Crippen LogP contribution in [0.4, 0.5) is 5.69 Å². The van der Waals surface area contributed by atoms with Crippen LogP contribution in [0, 0.1) is 0 Å². The first kappa shape index (κ1) is 13.7. The molecule has 2 atom stereocenters. The van der Waals surface area contributed by atoms with Gasteiger partial charge in [-0.3, -0.25) is 4.79 Å². The van der Waals surface area contributed by atoms with Crippen molar-refractivity contribution >= 4 is 11.6 Å². The maximum atomic E-state index is 12.2. The maximum absolute atomic E-state index is 12.2. The number of hydrogen-bond acceptors (Lipinski definition) is 4. The van der Waals surface area contributed by atoms with Crippen molar-refractivity contribution in [1.82, 2.24) is 5.32 Å². The van der Waals surface area contributed by atoms with Crippen LogP contribution in [0.25, 0.3) is 0 Å². The molecular formula is C14H20N2O3. The van der Waals surface area contributed by atoms with Crippen molar-refractivity contribution in [2.24, 2.45) is 0 Å². The normalized spacial score (nSPS) is 22.8. The molecule has 5 heteroatoms. The number of nitrogen functional groups attached to an aromatic ring is 1. The molecule has 0 aromatic heterocycles. The number of nitrogens with one attached hydrogen (secondary N) is 1. The zero-order valence-corrected chi connectivity index (χ0v) is 11.1. The summed E-state index contributed by atoms with van der Waals surface area (Å²) in [6, 6.07) is 4.74. The summed E-state index contributed by atoms with van der Waals surface area (Å²) in [5.74, 6) is 0.214. The van der Waals surface area contributed by atoms with Gasteiger partial charge < -0.3 is 20.9 Å². The van der Waals surface area contributed by atoms with E-state index in [9.17, 15) is 9.90 Å². The van der Waals surface area contributed by atoms with Gasteiger partial charge in [-0.1, -0.05) is 12.8 Å². The van der Waals surface area contributed by atoms with Gasteiger partial charge in [0.15, 0.2) is 0 Å². The zero-order valence-electron chi connectivity index (χ0n) is 11.1. The smallest absolute Gasteiger partial charge is 0.255 e. The monoisotopic (exact) mass is 264 g/mol. The summed E-state index contributed by atoms with van der Waals surface area (Å²) in [6.45, 7) is 0. The predicted octanol–water partition coefficient (Wildman–Crippen LogP) is 1.31. The van der Waals surface area contributed by atoms with E-state index in [1.165, 1.54) is 7.11 Å². The lowest BCUT2D eigenvalue weighted by molar-refractivity contribution is 0.0715. The molecule has 0 heterocycles. The molecule has 1 amide bonds. The number of hydrogen-bond donors (Lipinski definition) is 3. The van der Waals surface area contributed by atoms with Crippen LogP contribution in [0.2, 0.25) is 0 Å². The average Bonchev–Trinajstić information content (AvgIpc) is 2.41. The van der Waals surface area contributed by atoms with E-state index in [0.29, 0.717) is 17.0 Å². The van der Waals surface area contributed by atoms with E-state index in [1.54, 1.807) is 18.2 Å². The van der Waals surface area contributed by atoms with Crippen LogP contribution in [0.3, 0.4) is 0 Å². The molecule has 1 aromatic carbocycles. The minimum absolute atomic E-state index is 0.177. The Morgan fingerprint density at radius 2 is 2.16 bits per heavy atom. The fraction of sp³-hybridized carbons (Fsp3) is 0.500. The number of carbonyl (C=O) groups excluding carboxylic acids is 1. The molecular weight excluding hydrogens is 244 g/mol. The summed E-state index contributed by atoms with van der Waals surface area (Å²) >= 11 is 0. The van der Waals surface area contributed by atoms with Crippen LogP contribution in [-0.4, -0.2) is 30.3 Å². The van der Waals surface area contributed by atoms with Crippen molar-refractivity contribution in [1.29, 1.82) is 0 Å². The second-order valence-corrected chi connectivity index (χ2v) is 4.89. The largest absolute Gasteiger partial charge is 0.496 e. The third-order valence-electron chi connectivity index (χ3n) is 3.52. The number of rotatable bonds is 3. The van der Waals surface area contributed by atoms with Crippen LogP contribution in [0.15, 0.2) is 18.2 Å². The standard InChI is InChI=1S/C14H20N2O3/c1-19-13-8-9(15)6-7-10(13)14(18)16-11-4-2-3-5-12(11)17/h6-8,11-12,17H,2-5,15H2,1H3,(H,16,18)/t11-,12-/m0/s1. The molecule has 0 unspecified atom stereocenters. The van der Waals surface area contributed by atoms with Crippen molar-refractivity contribution in [3.63, 3.8) is 0 Å². The Kier molecular flexibility index (Phi) is 4.27. The van der Waals surface area contributed by atoms with E-state index in [1.807, 2.05) is 0 Å². The van der Waals surface area contributed by atoms with Gasteiger partial charge in [-0.25, -0.2) is 0 Å². The van der Waals surface area contributed by atoms with Gasteiger partial charge in [0.25, 0.3) is 5.91 Å². The SMILES string of the molecule is COc1cc(N)ccc1C(=O)N[C@H]1CCCC[C@@H]1O. The molecule has 2 rings (SSSR count). The van der Waals surface area contributed by atoms with E-state index in [2.05, 4.69) is 5.32 Å². The first-order valence-corrected chi connectivity index (χ1v) is 6.54. The quantitative estimate of drug-likeness (QED) is 0.719. The highest BCUT2D eigenvalue weighted by molar-refractivity contribution is 5.97. The summed E-state index contributed by atoms with van der Waals surface area (Å²) in [5, 5.41) is 12.7. The maximum Gasteiger partial charge on any atom is 0.255 e. The number of benzene rings is 1. The minimum atomic E-state index is -0.461. The molecule has 0 bridgehead atoms. The van der Waals surface area contributed by atoms with Gasteiger partial charge in [0.1, 0.15) is 5.75 Å². The van der Waals surface area contributed by atoms with Gasteiger partial charge >= 0.3 is 0 Å². The Morgan fingerprint density at radius 3 is 2.84 bits per heavy atom.